The number of hydrogen-bond acceptors (Lipinski definition) is 2. The second-order valence-corrected chi connectivity index (χ2v) is 9.92. The van der Waals surface area contributed by atoms with Gasteiger partial charge < -0.3 is 0 Å². The van der Waals surface area contributed by atoms with Crippen LogP contribution in [0.3, 0.4) is 0 Å². The molecule has 2 heterocycles. The lowest BCUT2D eigenvalue weighted by Crippen LogP contribution is -2.35. The number of hydrogen-bond donors (Lipinski definition) is 0. The number of aromatic nitrogens is 4. The Kier molecular flexibility index (Phi) is 3.88. The molecule has 22 heavy (non-hydrogen) atoms. The summed E-state index contributed by atoms with van der Waals surface area (Å²) in [4.78, 5) is 0. The molecule has 1 aromatic carbocycles. The first-order valence-corrected chi connectivity index (χ1v) is 9.33. The third-order valence-electron chi connectivity index (χ3n) is 4.14. The fraction of sp³-hybridized carbons (Fsp3) is 0.294. The summed E-state index contributed by atoms with van der Waals surface area (Å²) < 4.78 is 3.79. The van der Waals surface area contributed by atoms with Crippen LogP contribution < -0.4 is 15.9 Å². The third-order valence-corrected chi connectivity index (χ3v) is 8.89. The van der Waals surface area contributed by atoms with Crippen LogP contribution in [0.15, 0.2) is 55.1 Å². The molecule has 2 aromatic heterocycles. The second kappa shape index (κ2) is 5.69. The Labute approximate surface area is 132 Å². The molecule has 0 aliphatic rings. The van der Waals surface area contributed by atoms with Crippen molar-refractivity contribution in [1.29, 1.82) is 0 Å². The van der Waals surface area contributed by atoms with E-state index in [4.69, 9.17) is 0 Å². The highest BCUT2D eigenvalue weighted by atomic mass is 31.2. The molecule has 0 saturated carbocycles. The van der Waals surface area contributed by atoms with Gasteiger partial charge in [0.1, 0.15) is 23.2 Å². The molecule has 0 N–H and O–H groups in total. The van der Waals surface area contributed by atoms with E-state index in [1.807, 2.05) is 35.9 Å². The first-order chi connectivity index (χ1) is 10.5. The first kappa shape index (κ1) is 15.0. The minimum atomic E-state index is -1.75. The van der Waals surface area contributed by atoms with E-state index >= 15 is 0 Å². The molecule has 0 bridgehead atoms. The minimum Gasteiger partial charge on any atom is -0.272 e. The van der Waals surface area contributed by atoms with Crippen molar-refractivity contribution in [3.63, 3.8) is 0 Å². The highest BCUT2D eigenvalue weighted by Gasteiger charge is 2.50. The summed E-state index contributed by atoms with van der Waals surface area (Å²) in [5, 5.41) is 12.9. The average Bonchev–Trinajstić information content (AvgIpc) is 3.11. The Bertz CT molecular complexity index is 718. The van der Waals surface area contributed by atoms with Crippen LogP contribution in [0.2, 0.25) is 0 Å². The Morgan fingerprint density at radius 2 is 1.32 bits per heavy atom. The number of nitrogens with zero attached hydrogens (tertiary/aromatic N) is 4. The van der Waals surface area contributed by atoms with E-state index in [2.05, 4.69) is 66.8 Å². The van der Waals surface area contributed by atoms with E-state index in [0.29, 0.717) is 5.66 Å². The zero-order valence-corrected chi connectivity index (χ0v) is 14.4. The summed E-state index contributed by atoms with van der Waals surface area (Å²) >= 11 is 0. The Morgan fingerprint density at radius 1 is 0.818 bits per heavy atom. The molecule has 3 aromatic rings. The van der Waals surface area contributed by atoms with Crippen LogP contribution in [0.4, 0.5) is 0 Å². The molecule has 0 amide bonds. The minimum absolute atomic E-state index is 0.475. The van der Waals surface area contributed by atoms with Crippen molar-refractivity contribution in [1.82, 2.24) is 19.6 Å². The maximum Gasteiger partial charge on any atom is 0.142 e. The number of rotatable bonds is 4. The average molecular weight is 313 g/mol. The highest BCUT2D eigenvalue weighted by molar-refractivity contribution is 7.96. The fourth-order valence-corrected chi connectivity index (χ4v) is 7.68. The Balaban J connectivity index is 2.33. The van der Waals surface area contributed by atoms with Crippen LogP contribution in [0.5, 0.6) is 0 Å². The van der Waals surface area contributed by atoms with Gasteiger partial charge in [0.15, 0.2) is 0 Å². The van der Waals surface area contributed by atoms with Crippen LogP contribution in [0, 0.1) is 0 Å². The normalized spacial score (nSPS) is 12.0. The van der Waals surface area contributed by atoms with Crippen LogP contribution in [0.1, 0.15) is 13.8 Å². The predicted octanol–water partition coefficient (Wildman–Crippen LogP) is 1.86. The molecule has 0 atom stereocenters. The van der Waals surface area contributed by atoms with Gasteiger partial charge in [-0.05, 0) is 26.0 Å². The lowest BCUT2D eigenvalue weighted by molar-refractivity contribution is 0.768. The molecule has 0 radical (unpaired) electrons. The summed E-state index contributed by atoms with van der Waals surface area (Å²) in [7, 11) is 2.21. The Morgan fingerprint density at radius 3 is 1.68 bits per heavy atom. The molecule has 0 unspecified atom stereocenters. The second-order valence-electron chi connectivity index (χ2n) is 5.90. The maximum atomic E-state index is 4.44. The van der Waals surface area contributed by atoms with Crippen LogP contribution in [-0.4, -0.2) is 25.2 Å². The smallest absolute Gasteiger partial charge is 0.142 e. The zero-order valence-electron chi connectivity index (χ0n) is 13.5. The van der Waals surface area contributed by atoms with Crippen molar-refractivity contribution >= 4 is 23.2 Å². The molecule has 114 valence electrons. The van der Waals surface area contributed by atoms with E-state index < -0.39 is 7.26 Å². The molecule has 0 fully saturated rings. The third kappa shape index (κ3) is 2.28. The Hall–Kier alpha value is -1.93. The van der Waals surface area contributed by atoms with Crippen molar-refractivity contribution in [2.24, 2.45) is 14.1 Å². The van der Waals surface area contributed by atoms with E-state index in [1.54, 1.807) is 0 Å². The summed E-state index contributed by atoms with van der Waals surface area (Å²) in [6.45, 7) is 4.61. The van der Waals surface area contributed by atoms with Crippen molar-refractivity contribution in [2.75, 3.05) is 0 Å². The topological polar surface area (TPSA) is 35.6 Å². The van der Waals surface area contributed by atoms with E-state index in [-0.39, 0.29) is 0 Å². The van der Waals surface area contributed by atoms with Crippen molar-refractivity contribution in [2.45, 2.75) is 19.5 Å². The number of benzene rings is 1. The van der Waals surface area contributed by atoms with E-state index in [1.165, 1.54) is 15.9 Å². The fourth-order valence-electron chi connectivity index (χ4n) is 3.19. The molecule has 0 aliphatic carbocycles. The van der Waals surface area contributed by atoms with Gasteiger partial charge in [-0.2, -0.15) is 10.2 Å². The summed E-state index contributed by atoms with van der Waals surface area (Å²) in [5.74, 6) is 0. The van der Waals surface area contributed by atoms with Gasteiger partial charge in [0.25, 0.3) is 0 Å². The predicted molar refractivity (Wildman–Crippen MR) is 93.8 cm³/mol. The monoisotopic (exact) mass is 313 g/mol. The molecule has 0 spiro atoms. The molecule has 0 saturated heterocycles. The van der Waals surface area contributed by atoms with Gasteiger partial charge >= 0.3 is 0 Å². The molecule has 3 rings (SSSR count). The standard InChI is InChI=1S/C17H22N4P/c1-14(2)22(15-8-6-5-7-9-15,16-10-18-20(3)12-16)17-11-19-21(4)13-17/h5-14H,1-4H3/q+1. The molecule has 4 nitrogen and oxygen atoms in total. The van der Waals surface area contributed by atoms with Crippen LogP contribution in [-0.2, 0) is 14.1 Å². The van der Waals surface area contributed by atoms with Gasteiger partial charge in [0.05, 0.1) is 30.4 Å². The van der Waals surface area contributed by atoms with Gasteiger partial charge in [-0.15, -0.1) is 0 Å². The lowest BCUT2D eigenvalue weighted by Gasteiger charge is -2.28. The van der Waals surface area contributed by atoms with Gasteiger partial charge in [-0.3, -0.25) is 9.36 Å². The van der Waals surface area contributed by atoms with Crippen molar-refractivity contribution in [3.8, 4) is 0 Å². The van der Waals surface area contributed by atoms with Crippen molar-refractivity contribution in [3.05, 3.63) is 55.1 Å². The molecular formula is C17H22N4P+. The molecule has 5 heteroatoms. The summed E-state index contributed by atoms with van der Waals surface area (Å²) in [6.07, 6.45) is 8.36. The molecule has 0 aliphatic heterocycles. The SMILES string of the molecule is CC(C)[P+](c1ccccc1)(c1cnn(C)c1)c1cnn(C)c1. The van der Waals surface area contributed by atoms with Crippen LogP contribution >= 0.6 is 7.26 Å². The highest BCUT2D eigenvalue weighted by Crippen LogP contribution is 2.59. The van der Waals surface area contributed by atoms with Crippen LogP contribution in [0.25, 0.3) is 0 Å². The largest absolute Gasteiger partial charge is 0.272 e. The van der Waals surface area contributed by atoms with E-state index in [9.17, 15) is 0 Å². The lowest BCUT2D eigenvalue weighted by atomic mass is 10.4. The van der Waals surface area contributed by atoms with Gasteiger partial charge in [0.2, 0.25) is 0 Å². The summed E-state index contributed by atoms with van der Waals surface area (Å²) in [5.41, 5.74) is 0.475. The first-order valence-electron chi connectivity index (χ1n) is 7.48. The van der Waals surface area contributed by atoms with E-state index in [0.717, 1.165) is 0 Å². The van der Waals surface area contributed by atoms with Gasteiger partial charge in [-0.25, -0.2) is 0 Å². The number of aryl methyl sites for hydroxylation is 2. The van der Waals surface area contributed by atoms with Gasteiger partial charge in [0, 0.05) is 14.1 Å². The zero-order chi connectivity index (χ0) is 15.7. The quantitative estimate of drug-likeness (QED) is 0.689. The summed E-state index contributed by atoms with van der Waals surface area (Å²) in [6, 6.07) is 10.8. The maximum absolute atomic E-state index is 4.44. The molecular weight excluding hydrogens is 291 g/mol. The van der Waals surface area contributed by atoms with Crippen molar-refractivity contribution < 1.29 is 0 Å². The van der Waals surface area contributed by atoms with Gasteiger partial charge in [-0.1, -0.05) is 18.2 Å².